The quantitative estimate of drug-likeness (QED) is 0.787. The molecule has 2 aliphatic rings. The Morgan fingerprint density at radius 2 is 2.29 bits per heavy atom. The van der Waals surface area contributed by atoms with E-state index in [1.807, 2.05) is 0 Å². The molecule has 1 saturated carbocycles. The van der Waals surface area contributed by atoms with Crippen LogP contribution in [0, 0.1) is 5.41 Å². The van der Waals surface area contributed by atoms with Gasteiger partial charge in [-0.2, -0.15) is 0 Å². The highest BCUT2D eigenvalue weighted by molar-refractivity contribution is 4.88. The molecule has 3 unspecified atom stereocenters. The predicted octanol–water partition coefficient (Wildman–Crippen LogP) is 1.92. The van der Waals surface area contributed by atoms with Gasteiger partial charge in [-0.15, -0.1) is 0 Å². The number of ether oxygens (including phenoxy) is 1. The van der Waals surface area contributed by atoms with Crippen molar-refractivity contribution in [1.29, 1.82) is 0 Å². The molecule has 100 valence electrons. The predicted molar refractivity (Wildman–Crippen MR) is 71.2 cm³/mol. The van der Waals surface area contributed by atoms with E-state index in [1.54, 1.807) is 0 Å². The van der Waals surface area contributed by atoms with Crippen molar-refractivity contribution in [2.45, 2.75) is 64.6 Å². The first-order valence-electron chi connectivity index (χ1n) is 7.12. The van der Waals surface area contributed by atoms with Gasteiger partial charge < -0.3 is 15.4 Å². The van der Waals surface area contributed by atoms with Gasteiger partial charge in [-0.1, -0.05) is 13.8 Å². The van der Waals surface area contributed by atoms with E-state index < -0.39 is 0 Å². The molecule has 0 spiro atoms. The number of hydrogen-bond acceptors (Lipinski definition) is 3. The first-order valence-corrected chi connectivity index (χ1v) is 7.12. The van der Waals surface area contributed by atoms with Gasteiger partial charge in [0.1, 0.15) is 0 Å². The van der Waals surface area contributed by atoms with Crippen LogP contribution >= 0.6 is 0 Å². The van der Waals surface area contributed by atoms with Crippen LogP contribution in [0.4, 0.5) is 0 Å². The van der Waals surface area contributed by atoms with Crippen LogP contribution in [0.2, 0.25) is 0 Å². The Kier molecular flexibility index (Phi) is 4.45. The van der Waals surface area contributed by atoms with Gasteiger partial charge in [0.15, 0.2) is 0 Å². The highest BCUT2D eigenvalue weighted by Gasteiger charge is 2.31. The van der Waals surface area contributed by atoms with Crippen LogP contribution in [0.15, 0.2) is 0 Å². The maximum absolute atomic E-state index is 5.50. The molecule has 3 nitrogen and oxygen atoms in total. The van der Waals surface area contributed by atoms with Crippen molar-refractivity contribution >= 4 is 0 Å². The van der Waals surface area contributed by atoms with Crippen molar-refractivity contribution in [3.05, 3.63) is 0 Å². The van der Waals surface area contributed by atoms with Gasteiger partial charge in [0, 0.05) is 24.7 Å². The lowest BCUT2D eigenvalue weighted by Gasteiger charge is -2.28. The third-order valence-corrected chi connectivity index (χ3v) is 4.13. The maximum Gasteiger partial charge on any atom is 0.0620 e. The summed E-state index contributed by atoms with van der Waals surface area (Å²) in [5.74, 6) is 0. The fraction of sp³-hybridized carbons (Fsp3) is 1.00. The average molecular weight is 240 g/mol. The van der Waals surface area contributed by atoms with Crippen LogP contribution in [-0.2, 0) is 4.74 Å². The molecular formula is C14H28N2O. The standard InChI is InChI=1S/C14H28N2O/c1-11(8-13-10-17-7-6-15-13)16-12-4-5-14(2,3)9-12/h11-13,15-16H,4-10H2,1-3H3. The van der Waals surface area contributed by atoms with Gasteiger partial charge in [-0.05, 0) is 38.0 Å². The van der Waals surface area contributed by atoms with Gasteiger partial charge in [-0.25, -0.2) is 0 Å². The molecule has 1 heterocycles. The lowest BCUT2D eigenvalue weighted by Crippen LogP contribution is -2.46. The smallest absolute Gasteiger partial charge is 0.0620 e. The molecule has 0 amide bonds. The maximum atomic E-state index is 5.50. The first kappa shape index (κ1) is 13.3. The summed E-state index contributed by atoms with van der Waals surface area (Å²) in [6.45, 7) is 9.83. The fourth-order valence-corrected chi connectivity index (χ4v) is 3.25. The Morgan fingerprint density at radius 1 is 1.47 bits per heavy atom. The van der Waals surface area contributed by atoms with Crippen molar-refractivity contribution < 1.29 is 4.74 Å². The summed E-state index contributed by atoms with van der Waals surface area (Å²) in [5.41, 5.74) is 0.545. The van der Waals surface area contributed by atoms with Gasteiger partial charge >= 0.3 is 0 Å². The summed E-state index contributed by atoms with van der Waals surface area (Å²) in [6, 6.07) is 1.86. The average Bonchev–Trinajstić information content (AvgIpc) is 2.59. The first-order chi connectivity index (χ1) is 8.05. The summed E-state index contributed by atoms with van der Waals surface area (Å²) >= 11 is 0. The van der Waals surface area contributed by atoms with E-state index >= 15 is 0 Å². The van der Waals surface area contributed by atoms with Gasteiger partial charge in [-0.3, -0.25) is 0 Å². The van der Waals surface area contributed by atoms with Crippen molar-refractivity contribution in [3.8, 4) is 0 Å². The van der Waals surface area contributed by atoms with E-state index in [1.165, 1.54) is 25.7 Å². The number of hydrogen-bond donors (Lipinski definition) is 2. The second-order valence-corrected chi connectivity index (χ2v) is 6.63. The zero-order chi connectivity index (χ0) is 12.3. The van der Waals surface area contributed by atoms with Crippen molar-refractivity contribution in [3.63, 3.8) is 0 Å². The molecule has 1 aliphatic heterocycles. The molecule has 3 heteroatoms. The topological polar surface area (TPSA) is 33.3 Å². The molecule has 1 saturated heterocycles. The molecule has 0 aromatic heterocycles. The second kappa shape index (κ2) is 5.68. The molecule has 2 fully saturated rings. The summed E-state index contributed by atoms with van der Waals surface area (Å²) in [6.07, 6.45) is 5.21. The van der Waals surface area contributed by atoms with Crippen molar-refractivity contribution in [2.24, 2.45) is 5.41 Å². The minimum absolute atomic E-state index is 0.542. The van der Waals surface area contributed by atoms with Crippen LogP contribution in [0.25, 0.3) is 0 Å². The summed E-state index contributed by atoms with van der Waals surface area (Å²) in [5, 5.41) is 7.31. The summed E-state index contributed by atoms with van der Waals surface area (Å²) in [4.78, 5) is 0. The molecule has 0 radical (unpaired) electrons. The minimum Gasteiger partial charge on any atom is -0.379 e. The number of nitrogens with one attached hydrogen (secondary N) is 2. The molecule has 0 aromatic rings. The molecule has 2 rings (SSSR count). The third kappa shape index (κ3) is 4.23. The second-order valence-electron chi connectivity index (χ2n) is 6.63. The third-order valence-electron chi connectivity index (χ3n) is 4.13. The zero-order valence-electron chi connectivity index (χ0n) is 11.6. The van der Waals surface area contributed by atoms with Gasteiger partial charge in [0.05, 0.1) is 13.2 Å². The monoisotopic (exact) mass is 240 g/mol. The lowest BCUT2D eigenvalue weighted by molar-refractivity contribution is 0.0707. The highest BCUT2D eigenvalue weighted by atomic mass is 16.5. The zero-order valence-corrected chi connectivity index (χ0v) is 11.6. The fourth-order valence-electron chi connectivity index (χ4n) is 3.25. The normalized spacial score (nSPS) is 34.8. The van der Waals surface area contributed by atoms with E-state index in [0.717, 1.165) is 25.8 Å². The molecule has 3 atom stereocenters. The molecule has 1 aliphatic carbocycles. The van der Waals surface area contributed by atoms with Crippen molar-refractivity contribution in [1.82, 2.24) is 10.6 Å². The van der Waals surface area contributed by atoms with Crippen LogP contribution in [0.3, 0.4) is 0 Å². The van der Waals surface area contributed by atoms with E-state index in [-0.39, 0.29) is 0 Å². The van der Waals surface area contributed by atoms with Crippen LogP contribution in [-0.4, -0.2) is 37.9 Å². The van der Waals surface area contributed by atoms with E-state index in [2.05, 4.69) is 31.4 Å². The van der Waals surface area contributed by atoms with Gasteiger partial charge in [0.25, 0.3) is 0 Å². The SMILES string of the molecule is CC(CC1COCCN1)NC1CCC(C)(C)C1. The Bertz CT molecular complexity index is 236. The molecular weight excluding hydrogens is 212 g/mol. The molecule has 0 aromatic carbocycles. The van der Waals surface area contributed by atoms with Crippen LogP contribution in [0.5, 0.6) is 0 Å². The van der Waals surface area contributed by atoms with E-state index in [0.29, 0.717) is 17.5 Å². The Labute approximate surface area is 106 Å². The Balaban J connectivity index is 1.68. The van der Waals surface area contributed by atoms with Crippen molar-refractivity contribution in [2.75, 3.05) is 19.8 Å². The number of rotatable bonds is 4. The summed E-state index contributed by atoms with van der Waals surface area (Å²) in [7, 11) is 0. The van der Waals surface area contributed by atoms with Gasteiger partial charge in [0.2, 0.25) is 0 Å². The Morgan fingerprint density at radius 3 is 2.88 bits per heavy atom. The molecule has 0 bridgehead atoms. The Hall–Kier alpha value is -0.120. The highest BCUT2D eigenvalue weighted by Crippen LogP contribution is 2.37. The van der Waals surface area contributed by atoms with Crippen LogP contribution < -0.4 is 10.6 Å². The minimum atomic E-state index is 0.542. The summed E-state index contributed by atoms with van der Waals surface area (Å²) < 4.78 is 5.50. The molecule has 2 N–H and O–H groups in total. The lowest BCUT2D eigenvalue weighted by atomic mass is 9.91. The number of morpholine rings is 1. The van der Waals surface area contributed by atoms with E-state index in [4.69, 9.17) is 4.74 Å². The largest absolute Gasteiger partial charge is 0.379 e. The van der Waals surface area contributed by atoms with Crippen LogP contribution in [0.1, 0.15) is 46.5 Å². The molecule has 17 heavy (non-hydrogen) atoms. The van der Waals surface area contributed by atoms with E-state index in [9.17, 15) is 0 Å².